The van der Waals surface area contributed by atoms with Gasteiger partial charge in [0.05, 0.1) is 17.9 Å². The molecule has 30 heavy (non-hydrogen) atoms. The second-order valence-electron chi connectivity index (χ2n) is 6.85. The maximum atomic E-state index is 13.3. The molecule has 1 fully saturated rings. The summed E-state index contributed by atoms with van der Waals surface area (Å²) in [4.78, 5) is 19.1. The molecule has 1 aliphatic heterocycles. The molecule has 1 amide bonds. The van der Waals surface area contributed by atoms with Crippen molar-refractivity contribution in [3.8, 4) is 5.75 Å². The van der Waals surface area contributed by atoms with Crippen LogP contribution in [0.4, 0.5) is 0 Å². The molecule has 0 bridgehead atoms. The molecule has 9 heteroatoms. The van der Waals surface area contributed by atoms with Gasteiger partial charge >= 0.3 is 0 Å². The summed E-state index contributed by atoms with van der Waals surface area (Å²) in [7, 11) is 0. The fourth-order valence-electron chi connectivity index (χ4n) is 3.03. The second kappa shape index (κ2) is 10.8. The van der Waals surface area contributed by atoms with E-state index in [-0.39, 0.29) is 21.8 Å². The van der Waals surface area contributed by atoms with E-state index in [1.54, 1.807) is 42.4 Å². The highest BCUT2D eigenvalue weighted by Crippen LogP contribution is 2.30. The van der Waals surface area contributed by atoms with E-state index in [9.17, 15) is 4.79 Å². The quantitative estimate of drug-likeness (QED) is 0.242. The normalized spacial score (nSPS) is 18.4. The van der Waals surface area contributed by atoms with Gasteiger partial charge in [0.25, 0.3) is 5.91 Å². The Morgan fingerprint density at radius 1 is 1.40 bits per heavy atom. The number of ether oxygens (including phenoxy) is 2. The second-order valence-corrected chi connectivity index (χ2v) is 8.42. The Morgan fingerprint density at radius 2 is 2.17 bits per heavy atom. The SMILES string of the molecule is C/C(N)=C(/OC(I)c1ccc(Cl)cc1)C(=O)N1CCNCC1COc1cccnc1. The summed E-state index contributed by atoms with van der Waals surface area (Å²) in [5.41, 5.74) is 7.26. The minimum atomic E-state index is -0.384. The molecule has 1 aromatic carbocycles. The number of benzene rings is 1. The summed E-state index contributed by atoms with van der Waals surface area (Å²) >= 11 is 8.09. The number of nitrogens with zero attached hydrogens (tertiary/aromatic N) is 2. The third-order valence-corrected chi connectivity index (χ3v) is 5.82. The van der Waals surface area contributed by atoms with Crippen LogP contribution in [0.5, 0.6) is 5.75 Å². The van der Waals surface area contributed by atoms with E-state index in [4.69, 9.17) is 26.8 Å². The first-order valence-electron chi connectivity index (χ1n) is 9.52. The van der Waals surface area contributed by atoms with E-state index in [1.807, 2.05) is 18.2 Å². The standard InChI is InChI=1S/C21H24ClIN4O3/c1-14(24)19(30-20(23)15-4-6-16(22)7-5-15)21(28)27-10-9-26-11-17(27)13-29-18-3-2-8-25-12-18/h2-8,12,17,20,26H,9-11,13,24H2,1H3/b19-14-. The molecule has 0 aliphatic carbocycles. The Hall–Kier alpha value is -2.04. The number of piperazine rings is 1. The van der Waals surface area contributed by atoms with Crippen LogP contribution in [-0.2, 0) is 9.53 Å². The van der Waals surface area contributed by atoms with Gasteiger partial charge in [0, 0.05) is 36.4 Å². The lowest BCUT2D eigenvalue weighted by Crippen LogP contribution is -2.56. The number of hydrogen-bond acceptors (Lipinski definition) is 6. The molecule has 7 nitrogen and oxygen atoms in total. The number of alkyl halides is 1. The number of carbonyl (C=O) groups excluding carboxylic acids is 1. The van der Waals surface area contributed by atoms with Crippen LogP contribution in [-0.4, -0.2) is 48.1 Å². The Morgan fingerprint density at radius 3 is 2.83 bits per heavy atom. The van der Waals surface area contributed by atoms with Gasteiger partial charge < -0.3 is 25.4 Å². The lowest BCUT2D eigenvalue weighted by atomic mass is 10.2. The van der Waals surface area contributed by atoms with Crippen molar-refractivity contribution in [1.29, 1.82) is 0 Å². The van der Waals surface area contributed by atoms with Gasteiger partial charge in [0.1, 0.15) is 12.4 Å². The van der Waals surface area contributed by atoms with Crippen molar-refractivity contribution in [3.63, 3.8) is 0 Å². The highest BCUT2D eigenvalue weighted by molar-refractivity contribution is 14.1. The number of carbonyl (C=O) groups is 1. The predicted molar refractivity (Wildman–Crippen MR) is 124 cm³/mol. The van der Waals surface area contributed by atoms with Gasteiger partial charge in [-0.15, -0.1) is 0 Å². The molecule has 160 valence electrons. The van der Waals surface area contributed by atoms with Crippen LogP contribution < -0.4 is 15.8 Å². The molecule has 2 aromatic rings. The third kappa shape index (κ3) is 5.99. The number of aromatic nitrogens is 1. The van der Waals surface area contributed by atoms with Crippen LogP contribution in [0.3, 0.4) is 0 Å². The Kier molecular flexibility index (Phi) is 8.17. The van der Waals surface area contributed by atoms with Crippen molar-refractivity contribution in [3.05, 3.63) is 70.8 Å². The molecule has 1 aromatic heterocycles. The zero-order chi connectivity index (χ0) is 21.5. The minimum Gasteiger partial charge on any atom is -0.490 e. The van der Waals surface area contributed by atoms with Gasteiger partial charge in [-0.05, 0) is 53.8 Å². The number of amides is 1. The van der Waals surface area contributed by atoms with Gasteiger partial charge in [-0.25, -0.2) is 0 Å². The van der Waals surface area contributed by atoms with Crippen molar-refractivity contribution in [2.24, 2.45) is 5.73 Å². The Bertz CT molecular complexity index is 876. The summed E-state index contributed by atoms with van der Waals surface area (Å²) in [5.74, 6) is 0.567. The van der Waals surface area contributed by atoms with Crippen molar-refractivity contribution < 1.29 is 14.3 Å². The van der Waals surface area contributed by atoms with Crippen LogP contribution in [0.25, 0.3) is 0 Å². The predicted octanol–water partition coefficient (Wildman–Crippen LogP) is 3.25. The third-order valence-electron chi connectivity index (χ3n) is 4.59. The molecular weight excluding hydrogens is 519 g/mol. The summed E-state index contributed by atoms with van der Waals surface area (Å²) in [6.45, 7) is 3.85. The Balaban J connectivity index is 1.70. The summed E-state index contributed by atoms with van der Waals surface area (Å²) in [6, 6.07) is 10.8. The van der Waals surface area contributed by atoms with Gasteiger partial charge in [0.2, 0.25) is 5.76 Å². The molecule has 1 saturated heterocycles. The van der Waals surface area contributed by atoms with Crippen LogP contribution >= 0.6 is 34.2 Å². The zero-order valence-corrected chi connectivity index (χ0v) is 19.5. The summed E-state index contributed by atoms with van der Waals surface area (Å²) in [6.07, 6.45) is 3.33. The zero-order valence-electron chi connectivity index (χ0n) is 16.6. The first-order valence-corrected chi connectivity index (χ1v) is 11.1. The van der Waals surface area contributed by atoms with Crippen LogP contribution in [0.2, 0.25) is 5.02 Å². The first kappa shape index (κ1) is 22.6. The number of hydrogen-bond donors (Lipinski definition) is 2. The van der Waals surface area contributed by atoms with E-state index in [2.05, 4.69) is 32.9 Å². The molecule has 3 N–H and O–H groups in total. The van der Waals surface area contributed by atoms with Crippen molar-refractivity contribution in [1.82, 2.24) is 15.2 Å². The number of nitrogens with two attached hydrogens (primary N) is 1. The number of nitrogens with one attached hydrogen (secondary N) is 1. The fourth-order valence-corrected chi connectivity index (χ4v) is 3.83. The molecular formula is C21H24ClIN4O3. The number of pyridine rings is 1. The monoisotopic (exact) mass is 542 g/mol. The van der Waals surface area contributed by atoms with E-state index < -0.39 is 0 Å². The van der Waals surface area contributed by atoms with Gasteiger partial charge in [0.15, 0.2) is 4.11 Å². The van der Waals surface area contributed by atoms with Crippen molar-refractivity contribution >= 4 is 40.1 Å². The van der Waals surface area contributed by atoms with Crippen LogP contribution in [0.1, 0.15) is 16.6 Å². The molecule has 2 atom stereocenters. The lowest BCUT2D eigenvalue weighted by Gasteiger charge is -2.36. The molecule has 3 rings (SSSR count). The van der Waals surface area contributed by atoms with Crippen molar-refractivity contribution in [2.75, 3.05) is 26.2 Å². The molecule has 0 radical (unpaired) electrons. The van der Waals surface area contributed by atoms with Gasteiger partial charge in [-0.3, -0.25) is 9.78 Å². The van der Waals surface area contributed by atoms with E-state index >= 15 is 0 Å². The number of rotatable bonds is 7. The highest BCUT2D eigenvalue weighted by atomic mass is 127. The minimum absolute atomic E-state index is 0.151. The van der Waals surface area contributed by atoms with E-state index in [1.165, 1.54) is 0 Å². The maximum absolute atomic E-state index is 13.3. The van der Waals surface area contributed by atoms with Crippen LogP contribution in [0.15, 0.2) is 60.2 Å². The molecule has 0 spiro atoms. The fraction of sp³-hybridized carbons (Fsp3) is 0.333. The van der Waals surface area contributed by atoms with Gasteiger partial charge in [-0.2, -0.15) is 0 Å². The number of halogens is 2. The van der Waals surface area contributed by atoms with Crippen molar-refractivity contribution in [2.45, 2.75) is 17.1 Å². The maximum Gasteiger partial charge on any atom is 0.291 e. The molecule has 2 unspecified atom stereocenters. The summed E-state index contributed by atoms with van der Waals surface area (Å²) < 4.78 is 11.4. The largest absolute Gasteiger partial charge is 0.490 e. The molecule has 2 heterocycles. The average molecular weight is 543 g/mol. The average Bonchev–Trinajstić information content (AvgIpc) is 2.76. The number of allylic oxidation sites excluding steroid dienone is 1. The lowest BCUT2D eigenvalue weighted by molar-refractivity contribution is -0.135. The smallest absolute Gasteiger partial charge is 0.291 e. The highest BCUT2D eigenvalue weighted by Gasteiger charge is 2.32. The van der Waals surface area contributed by atoms with Gasteiger partial charge in [-0.1, -0.05) is 23.7 Å². The van der Waals surface area contributed by atoms with E-state index in [0.717, 1.165) is 5.56 Å². The topological polar surface area (TPSA) is 89.7 Å². The van der Waals surface area contributed by atoms with Crippen LogP contribution in [0, 0.1) is 0 Å². The first-order chi connectivity index (χ1) is 14.5. The molecule has 0 saturated carbocycles. The Labute approximate surface area is 194 Å². The molecule has 1 aliphatic rings. The van der Waals surface area contributed by atoms with E-state index in [0.29, 0.717) is 42.7 Å². The summed E-state index contributed by atoms with van der Waals surface area (Å²) in [5, 5.41) is 3.94.